The zero-order valence-electron chi connectivity index (χ0n) is 12.0. The van der Waals surface area contributed by atoms with Crippen LogP contribution in [0.5, 0.6) is 0 Å². The first-order valence-corrected chi connectivity index (χ1v) is 8.37. The van der Waals surface area contributed by atoms with E-state index in [1.165, 1.54) is 30.5 Å². The number of anilines is 1. The fourth-order valence-electron chi connectivity index (χ4n) is 3.55. The molecule has 0 saturated heterocycles. The van der Waals surface area contributed by atoms with Crippen LogP contribution < -0.4 is 5.01 Å². The molecule has 0 radical (unpaired) electrons. The van der Waals surface area contributed by atoms with Crippen molar-refractivity contribution in [2.24, 2.45) is 11.0 Å². The molecule has 0 amide bonds. The molecule has 1 fully saturated rings. The summed E-state index contributed by atoms with van der Waals surface area (Å²) in [4.78, 5) is 0. The Hall–Kier alpha value is -1.51. The van der Waals surface area contributed by atoms with Gasteiger partial charge in [-0.05, 0) is 54.8 Å². The third-order valence-electron chi connectivity index (χ3n) is 4.59. The molecule has 112 valence electrons. The molecule has 1 heterocycles. The predicted molar refractivity (Wildman–Crippen MR) is 93.0 cm³/mol. The van der Waals surface area contributed by atoms with Crippen LogP contribution in [0.15, 0.2) is 53.6 Å². The monoisotopic (exact) mass is 330 g/mol. The number of hydrogen-bond acceptors (Lipinski definition) is 2. The van der Waals surface area contributed by atoms with Crippen LogP contribution in [0.3, 0.4) is 0 Å². The molecule has 0 aromatic heterocycles. The van der Waals surface area contributed by atoms with Gasteiger partial charge in [0.1, 0.15) is 0 Å². The molecule has 0 N–H and O–H groups in total. The fraction of sp³-hybridized carbons (Fsp3) is 0.278. The number of rotatable bonds is 2. The Kier molecular flexibility index (Phi) is 3.59. The standard InChI is InChI=1S/C18H16Cl2N2/c19-13-6-4-12(5-7-13)18-16-2-1-3-17(16)22(21-18)15-10-8-14(20)9-11-15/h4-11,16-17H,1-3H2. The molecule has 22 heavy (non-hydrogen) atoms. The number of fused-ring (bicyclic) bond motifs is 1. The highest BCUT2D eigenvalue weighted by molar-refractivity contribution is 6.31. The van der Waals surface area contributed by atoms with Gasteiger partial charge in [0, 0.05) is 16.0 Å². The van der Waals surface area contributed by atoms with Crippen LogP contribution in [-0.2, 0) is 0 Å². The second-order valence-corrected chi connectivity index (χ2v) is 6.79. The minimum absolute atomic E-state index is 0.465. The van der Waals surface area contributed by atoms with E-state index in [-0.39, 0.29) is 0 Å². The summed E-state index contributed by atoms with van der Waals surface area (Å²) in [6, 6.07) is 16.4. The van der Waals surface area contributed by atoms with Crippen molar-refractivity contribution in [3.05, 3.63) is 64.1 Å². The van der Waals surface area contributed by atoms with Gasteiger partial charge in [0.25, 0.3) is 0 Å². The lowest BCUT2D eigenvalue weighted by Gasteiger charge is -2.22. The Labute approximate surface area is 140 Å². The van der Waals surface area contributed by atoms with Gasteiger partial charge in [0.2, 0.25) is 0 Å². The summed E-state index contributed by atoms with van der Waals surface area (Å²) in [7, 11) is 0. The third-order valence-corrected chi connectivity index (χ3v) is 5.10. The largest absolute Gasteiger partial charge is 0.262 e. The number of hydrazone groups is 1. The summed E-state index contributed by atoms with van der Waals surface area (Å²) in [5, 5.41) is 8.64. The van der Waals surface area contributed by atoms with Crippen LogP contribution in [0.1, 0.15) is 24.8 Å². The van der Waals surface area contributed by atoms with Gasteiger partial charge in [-0.15, -0.1) is 0 Å². The third kappa shape index (κ3) is 2.41. The second kappa shape index (κ2) is 5.60. The summed E-state index contributed by atoms with van der Waals surface area (Å²) in [6.07, 6.45) is 3.65. The van der Waals surface area contributed by atoms with E-state index in [1.54, 1.807) is 0 Å². The summed E-state index contributed by atoms with van der Waals surface area (Å²) < 4.78 is 0. The molecule has 2 aliphatic rings. The highest BCUT2D eigenvalue weighted by atomic mass is 35.5. The van der Waals surface area contributed by atoms with Crippen molar-refractivity contribution >= 4 is 34.6 Å². The Morgan fingerprint density at radius 1 is 0.864 bits per heavy atom. The lowest BCUT2D eigenvalue weighted by molar-refractivity contribution is 0.602. The molecule has 2 aromatic carbocycles. The smallest absolute Gasteiger partial charge is 0.0734 e. The number of nitrogens with zero attached hydrogens (tertiary/aromatic N) is 2. The molecule has 2 atom stereocenters. The Balaban J connectivity index is 1.73. The van der Waals surface area contributed by atoms with Gasteiger partial charge >= 0.3 is 0 Å². The number of benzene rings is 2. The van der Waals surface area contributed by atoms with Crippen molar-refractivity contribution < 1.29 is 0 Å². The van der Waals surface area contributed by atoms with Crippen LogP contribution in [-0.4, -0.2) is 11.8 Å². The lowest BCUT2D eigenvalue weighted by Crippen LogP contribution is -2.29. The minimum Gasteiger partial charge on any atom is -0.262 e. The van der Waals surface area contributed by atoms with E-state index < -0.39 is 0 Å². The van der Waals surface area contributed by atoms with Gasteiger partial charge in [-0.2, -0.15) is 5.10 Å². The molecule has 2 unspecified atom stereocenters. The Bertz CT molecular complexity index is 707. The van der Waals surface area contributed by atoms with E-state index in [0.717, 1.165) is 15.7 Å². The zero-order valence-corrected chi connectivity index (χ0v) is 13.6. The molecule has 1 aliphatic carbocycles. The van der Waals surface area contributed by atoms with Gasteiger partial charge in [0.15, 0.2) is 0 Å². The molecule has 1 aliphatic heterocycles. The molecular formula is C18H16Cl2N2. The van der Waals surface area contributed by atoms with Crippen molar-refractivity contribution in [3.8, 4) is 0 Å². The lowest BCUT2D eigenvalue weighted by atomic mass is 9.93. The first kappa shape index (κ1) is 14.1. The quantitative estimate of drug-likeness (QED) is 0.721. The van der Waals surface area contributed by atoms with E-state index >= 15 is 0 Å². The van der Waals surface area contributed by atoms with E-state index in [2.05, 4.69) is 17.1 Å². The summed E-state index contributed by atoms with van der Waals surface area (Å²) in [5.41, 5.74) is 3.48. The average molecular weight is 331 g/mol. The molecule has 4 rings (SSSR count). The SMILES string of the molecule is Clc1ccc(C2=NN(c3ccc(Cl)cc3)C3CCCC23)cc1. The maximum absolute atomic E-state index is 6.01. The molecular weight excluding hydrogens is 315 g/mol. The normalized spacial score (nSPS) is 23.5. The Morgan fingerprint density at radius 2 is 1.50 bits per heavy atom. The van der Waals surface area contributed by atoms with Crippen molar-refractivity contribution in [2.45, 2.75) is 25.3 Å². The first-order chi connectivity index (χ1) is 10.7. The van der Waals surface area contributed by atoms with Crippen LogP contribution in [0.4, 0.5) is 5.69 Å². The van der Waals surface area contributed by atoms with E-state index in [4.69, 9.17) is 28.3 Å². The second-order valence-electron chi connectivity index (χ2n) is 5.92. The molecule has 4 heteroatoms. The zero-order chi connectivity index (χ0) is 15.1. The maximum Gasteiger partial charge on any atom is 0.0734 e. The van der Waals surface area contributed by atoms with Crippen molar-refractivity contribution in [2.75, 3.05) is 5.01 Å². The summed E-state index contributed by atoms with van der Waals surface area (Å²) in [5.74, 6) is 0.511. The van der Waals surface area contributed by atoms with Crippen molar-refractivity contribution in [1.82, 2.24) is 0 Å². The predicted octanol–water partition coefficient (Wildman–Crippen LogP) is 5.39. The number of halogens is 2. The Morgan fingerprint density at radius 3 is 2.18 bits per heavy atom. The van der Waals surface area contributed by atoms with Crippen LogP contribution in [0, 0.1) is 5.92 Å². The van der Waals surface area contributed by atoms with Gasteiger partial charge < -0.3 is 0 Å². The van der Waals surface area contributed by atoms with Crippen LogP contribution in [0.25, 0.3) is 0 Å². The molecule has 2 aromatic rings. The van der Waals surface area contributed by atoms with E-state index in [1.807, 2.05) is 36.4 Å². The van der Waals surface area contributed by atoms with E-state index in [0.29, 0.717) is 12.0 Å². The fourth-order valence-corrected chi connectivity index (χ4v) is 3.80. The van der Waals surface area contributed by atoms with Crippen LogP contribution in [0.2, 0.25) is 10.0 Å². The molecule has 0 bridgehead atoms. The first-order valence-electron chi connectivity index (χ1n) is 7.61. The minimum atomic E-state index is 0.465. The molecule has 1 saturated carbocycles. The summed E-state index contributed by atoms with van der Waals surface area (Å²) >= 11 is 12.0. The van der Waals surface area contributed by atoms with Crippen LogP contribution >= 0.6 is 23.2 Å². The van der Waals surface area contributed by atoms with Gasteiger partial charge in [0.05, 0.1) is 17.4 Å². The highest BCUT2D eigenvalue weighted by Gasteiger charge is 2.41. The summed E-state index contributed by atoms with van der Waals surface area (Å²) in [6.45, 7) is 0. The molecule has 0 spiro atoms. The van der Waals surface area contributed by atoms with Crippen molar-refractivity contribution in [3.63, 3.8) is 0 Å². The van der Waals surface area contributed by atoms with E-state index in [9.17, 15) is 0 Å². The van der Waals surface area contributed by atoms with Crippen molar-refractivity contribution in [1.29, 1.82) is 0 Å². The highest BCUT2D eigenvalue weighted by Crippen LogP contribution is 2.40. The maximum atomic E-state index is 6.01. The molecule has 2 nitrogen and oxygen atoms in total. The van der Waals surface area contributed by atoms with Gasteiger partial charge in [-0.1, -0.05) is 41.8 Å². The van der Waals surface area contributed by atoms with Gasteiger partial charge in [-0.25, -0.2) is 0 Å². The number of hydrogen-bond donors (Lipinski definition) is 0. The topological polar surface area (TPSA) is 15.6 Å². The average Bonchev–Trinajstić information content (AvgIpc) is 3.12. The van der Waals surface area contributed by atoms with Gasteiger partial charge in [-0.3, -0.25) is 5.01 Å².